The van der Waals surface area contributed by atoms with Crippen molar-refractivity contribution in [3.63, 3.8) is 0 Å². The van der Waals surface area contributed by atoms with Gasteiger partial charge in [0.2, 0.25) is 0 Å². The minimum absolute atomic E-state index is 0.102. The van der Waals surface area contributed by atoms with Crippen molar-refractivity contribution in [3.8, 4) is 0 Å². The Bertz CT molecular complexity index is 2480. The van der Waals surface area contributed by atoms with E-state index < -0.39 is 0 Å². The largest absolute Gasteiger partial charge is 0.135 e. The molecule has 0 saturated heterocycles. The van der Waals surface area contributed by atoms with Crippen LogP contribution in [0.5, 0.6) is 0 Å². The smallest absolute Gasteiger partial charge is 0.0375 e. The maximum absolute atomic E-state index is 2.49. The highest BCUT2D eigenvalue weighted by atomic mass is 32.2. The van der Waals surface area contributed by atoms with E-state index in [4.69, 9.17) is 0 Å². The molecule has 9 aromatic rings. The van der Waals surface area contributed by atoms with E-state index in [0.717, 1.165) is 0 Å². The number of hydrogen-bond donors (Lipinski definition) is 0. The van der Waals surface area contributed by atoms with Crippen LogP contribution in [0.25, 0.3) is 63.3 Å². The lowest BCUT2D eigenvalue weighted by Crippen LogP contribution is -2.12. The molecule has 10 rings (SSSR count). The standard InChI is InChI=1S/C41H24S2/c1-5-16-31-25(11-1)27-13-3-7-18-33(27)40-38(31)37(24-21-22-30-29-15-9-10-20-35(29)42-36(30)23-24)39-32-17-6-2-12-26(32)28-14-4-8-19-34(28)41(39)43-40/h1-23,37H. The highest BCUT2D eigenvalue weighted by Crippen LogP contribution is 2.57. The van der Waals surface area contributed by atoms with Crippen LogP contribution < -0.4 is 0 Å². The predicted molar refractivity (Wildman–Crippen MR) is 187 cm³/mol. The summed E-state index contributed by atoms with van der Waals surface area (Å²) >= 11 is 3.89. The summed E-state index contributed by atoms with van der Waals surface area (Å²) in [5.74, 6) is 0.102. The molecule has 0 N–H and O–H groups in total. The van der Waals surface area contributed by atoms with Crippen LogP contribution in [-0.2, 0) is 0 Å². The maximum Gasteiger partial charge on any atom is 0.0375 e. The molecule has 43 heavy (non-hydrogen) atoms. The van der Waals surface area contributed by atoms with Gasteiger partial charge >= 0.3 is 0 Å². The van der Waals surface area contributed by atoms with Crippen LogP contribution in [-0.4, -0.2) is 0 Å². The van der Waals surface area contributed by atoms with Gasteiger partial charge in [-0.1, -0.05) is 139 Å². The molecular weight excluding hydrogens is 557 g/mol. The zero-order valence-electron chi connectivity index (χ0n) is 23.2. The second kappa shape index (κ2) is 8.94. The van der Waals surface area contributed by atoms with Crippen LogP contribution in [0.4, 0.5) is 0 Å². The van der Waals surface area contributed by atoms with E-state index in [0.29, 0.717) is 0 Å². The van der Waals surface area contributed by atoms with E-state index in [2.05, 4.69) is 140 Å². The fourth-order valence-electron chi connectivity index (χ4n) is 7.57. The summed E-state index contributed by atoms with van der Waals surface area (Å²) in [6.07, 6.45) is 0. The monoisotopic (exact) mass is 580 g/mol. The lowest BCUT2D eigenvalue weighted by Gasteiger charge is -2.33. The Labute approximate surface area is 257 Å². The number of fused-ring (bicyclic) bond motifs is 15. The van der Waals surface area contributed by atoms with Crippen molar-refractivity contribution in [1.82, 2.24) is 0 Å². The molecule has 2 heterocycles. The van der Waals surface area contributed by atoms with Crippen LogP contribution >= 0.6 is 23.1 Å². The number of benzene rings is 8. The van der Waals surface area contributed by atoms with Gasteiger partial charge in [0.05, 0.1) is 0 Å². The van der Waals surface area contributed by atoms with E-state index in [1.165, 1.54) is 89.7 Å². The lowest BCUT2D eigenvalue weighted by atomic mass is 9.78. The Morgan fingerprint density at radius 3 is 1.33 bits per heavy atom. The van der Waals surface area contributed by atoms with Gasteiger partial charge in [0.15, 0.2) is 0 Å². The molecule has 1 aromatic heterocycles. The fraction of sp³-hybridized carbons (Fsp3) is 0.0244. The molecule has 0 atom stereocenters. The molecule has 200 valence electrons. The first-order valence-electron chi connectivity index (χ1n) is 14.8. The molecule has 0 unspecified atom stereocenters. The third-order valence-corrected chi connectivity index (χ3v) is 11.8. The van der Waals surface area contributed by atoms with Crippen molar-refractivity contribution in [2.75, 3.05) is 0 Å². The van der Waals surface area contributed by atoms with Crippen molar-refractivity contribution < 1.29 is 0 Å². The van der Waals surface area contributed by atoms with Gasteiger partial charge in [-0.15, -0.1) is 11.3 Å². The summed E-state index contributed by atoms with van der Waals surface area (Å²) in [5.41, 5.74) is 4.24. The highest BCUT2D eigenvalue weighted by Gasteiger charge is 2.34. The summed E-state index contributed by atoms with van der Waals surface area (Å²) in [5, 5.41) is 13.4. The first-order chi connectivity index (χ1) is 21.3. The number of thiophene rings is 1. The molecule has 1 aliphatic rings. The molecule has 0 saturated carbocycles. The molecule has 0 aliphatic carbocycles. The Morgan fingerprint density at radius 1 is 0.349 bits per heavy atom. The van der Waals surface area contributed by atoms with E-state index in [9.17, 15) is 0 Å². The van der Waals surface area contributed by atoms with Crippen LogP contribution in [0.15, 0.2) is 149 Å². The molecular formula is C41H24S2. The van der Waals surface area contributed by atoms with Crippen molar-refractivity contribution in [3.05, 3.63) is 156 Å². The highest BCUT2D eigenvalue weighted by molar-refractivity contribution is 8.00. The quantitative estimate of drug-likeness (QED) is 0.174. The number of hydrogen-bond acceptors (Lipinski definition) is 2. The summed E-state index contributed by atoms with van der Waals surface area (Å²) in [6, 6.07) is 52.2. The first-order valence-corrected chi connectivity index (χ1v) is 16.4. The van der Waals surface area contributed by atoms with Gasteiger partial charge in [-0.05, 0) is 71.9 Å². The van der Waals surface area contributed by atoms with Gasteiger partial charge in [-0.3, -0.25) is 0 Å². The van der Waals surface area contributed by atoms with Crippen LogP contribution in [0.3, 0.4) is 0 Å². The predicted octanol–water partition coefficient (Wildman–Crippen LogP) is 12.3. The molecule has 0 nitrogen and oxygen atoms in total. The zero-order valence-corrected chi connectivity index (χ0v) is 24.8. The van der Waals surface area contributed by atoms with Gasteiger partial charge in [0.1, 0.15) is 0 Å². The Morgan fingerprint density at radius 2 is 0.767 bits per heavy atom. The molecule has 0 spiro atoms. The summed E-state index contributed by atoms with van der Waals surface area (Å²) in [4.78, 5) is 2.78. The topological polar surface area (TPSA) is 0 Å². The van der Waals surface area contributed by atoms with Crippen LogP contribution in [0.2, 0.25) is 0 Å². The minimum atomic E-state index is 0.102. The van der Waals surface area contributed by atoms with Gasteiger partial charge in [0, 0.05) is 35.9 Å². The van der Waals surface area contributed by atoms with E-state index in [1.54, 1.807) is 0 Å². The normalized spacial score (nSPS) is 13.4. The molecule has 2 heteroatoms. The average molecular weight is 581 g/mol. The molecule has 8 aromatic carbocycles. The Hall–Kier alpha value is -4.63. The summed E-state index contributed by atoms with van der Waals surface area (Å²) < 4.78 is 2.71. The van der Waals surface area contributed by atoms with Crippen molar-refractivity contribution in [2.24, 2.45) is 0 Å². The second-order valence-corrected chi connectivity index (χ2v) is 13.7. The Balaban J connectivity index is 1.41. The molecule has 1 aliphatic heterocycles. The minimum Gasteiger partial charge on any atom is -0.135 e. The fourth-order valence-corrected chi connectivity index (χ4v) is 10.2. The third kappa shape index (κ3) is 3.28. The average Bonchev–Trinajstić information content (AvgIpc) is 3.45. The molecule has 0 bridgehead atoms. The van der Waals surface area contributed by atoms with E-state index in [-0.39, 0.29) is 5.92 Å². The van der Waals surface area contributed by atoms with E-state index >= 15 is 0 Å². The van der Waals surface area contributed by atoms with E-state index in [1.807, 2.05) is 23.1 Å². The number of rotatable bonds is 1. The summed E-state index contributed by atoms with van der Waals surface area (Å²) in [6.45, 7) is 0. The Kier molecular flexibility index (Phi) is 4.96. The molecule has 0 radical (unpaired) electrons. The van der Waals surface area contributed by atoms with Gasteiger partial charge in [-0.2, -0.15) is 0 Å². The molecule has 0 fully saturated rings. The summed E-state index contributed by atoms with van der Waals surface area (Å²) in [7, 11) is 0. The van der Waals surface area contributed by atoms with Gasteiger partial charge in [0.25, 0.3) is 0 Å². The zero-order chi connectivity index (χ0) is 28.1. The first kappa shape index (κ1) is 23.9. The van der Waals surface area contributed by atoms with Crippen LogP contribution in [0.1, 0.15) is 22.6 Å². The van der Waals surface area contributed by atoms with Crippen molar-refractivity contribution in [2.45, 2.75) is 15.7 Å². The second-order valence-electron chi connectivity index (χ2n) is 11.6. The SMILES string of the molecule is c1ccc2c(c1)sc1cc(C3c4c(c5ccccc5c5ccccc45)Sc4c3c3ccccc3c3ccccc43)ccc12. The lowest BCUT2D eigenvalue weighted by molar-refractivity contribution is 0.940. The van der Waals surface area contributed by atoms with Gasteiger partial charge < -0.3 is 0 Å². The molecule has 0 amide bonds. The van der Waals surface area contributed by atoms with Crippen molar-refractivity contribution in [1.29, 1.82) is 0 Å². The third-order valence-electron chi connectivity index (χ3n) is 9.37. The van der Waals surface area contributed by atoms with Crippen molar-refractivity contribution >= 4 is 86.4 Å². The maximum atomic E-state index is 2.49. The van der Waals surface area contributed by atoms with Gasteiger partial charge in [-0.25, -0.2) is 0 Å². The van der Waals surface area contributed by atoms with Crippen LogP contribution in [0, 0.1) is 0 Å².